The van der Waals surface area contributed by atoms with Crippen molar-refractivity contribution < 1.29 is 29.6 Å². The second-order valence-electron chi connectivity index (χ2n) is 4.59. The number of carboxylic acids is 1. The number of aromatic nitrogens is 1. The number of aliphatic carboxylic acids is 1. The first kappa shape index (κ1) is 17.9. The third kappa shape index (κ3) is 4.98. The molecule has 1 rings (SSSR count). The summed E-state index contributed by atoms with van der Waals surface area (Å²) in [6.45, 7) is 2.38. The van der Waals surface area contributed by atoms with Crippen molar-refractivity contribution in [3.8, 4) is 0 Å². The van der Waals surface area contributed by atoms with Gasteiger partial charge in [-0.2, -0.15) is 0 Å². The lowest BCUT2D eigenvalue weighted by Crippen LogP contribution is -2.45. The van der Waals surface area contributed by atoms with Gasteiger partial charge in [0.1, 0.15) is 5.69 Å². The molecule has 0 fully saturated rings. The van der Waals surface area contributed by atoms with Gasteiger partial charge in [0.25, 0.3) is 5.91 Å². The Balaban J connectivity index is 3.01. The summed E-state index contributed by atoms with van der Waals surface area (Å²) in [5.74, 6) is -2.37. The molecule has 1 aromatic rings. The van der Waals surface area contributed by atoms with Gasteiger partial charge < -0.3 is 35.8 Å². The number of rotatable bonds is 7. The number of carbonyl (C=O) groups excluding carboxylic acids is 2. The van der Waals surface area contributed by atoms with Crippen molar-refractivity contribution in [3.63, 3.8) is 0 Å². The van der Waals surface area contributed by atoms with E-state index in [4.69, 9.17) is 20.6 Å². The summed E-state index contributed by atoms with van der Waals surface area (Å²) in [4.78, 5) is 31.5. The average Bonchev–Trinajstić information content (AvgIpc) is 2.82. The molecule has 1 amide bonds. The van der Waals surface area contributed by atoms with Gasteiger partial charge in [-0.15, -0.1) is 11.3 Å². The Morgan fingerprint density at radius 1 is 1.59 bits per heavy atom. The molecule has 0 saturated heterocycles. The second kappa shape index (κ2) is 7.20. The summed E-state index contributed by atoms with van der Waals surface area (Å²) in [7, 11) is -1.76. The minimum atomic E-state index is -1.77. The highest BCUT2D eigenvalue weighted by atomic mass is 32.1. The zero-order valence-electron chi connectivity index (χ0n) is 11.8. The molecule has 0 spiro atoms. The largest absolute Gasteiger partial charge is 0.546 e. The van der Waals surface area contributed by atoms with Gasteiger partial charge in [0.15, 0.2) is 16.4 Å². The fourth-order valence-electron chi connectivity index (χ4n) is 1.07. The lowest BCUT2D eigenvalue weighted by molar-refractivity contribution is -0.325. The number of carbonyl (C=O) groups is 2. The van der Waals surface area contributed by atoms with E-state index in [1.165, 1.54) is 19.2 Å². The summed E-state index contributed by atoms with van der Waals surface area (Å²) in [6.07, 6.45) is -0.457. The lowest BCUT2D eigenvalue weighted by Gasteiger charge is -2.23. The molecule has 0 aliphatic rings. The van der Waals surface area contributed by atoms with E-state index in [2.05, 4.69) is 15.5 Å². The first-order valence-electron chi connectivity index (χ1n) is 5.97. The van der Waals surface area contributed by atoms with Crippen molar-refractivity contribution >= 4 is 41.2 Å². The smallest absolute Gasteiger partial charge is 0.472 e. The maximum absolute atomic E-state index is 12.0. The molecule has 1 heterocycles. The Morgan fingerprint density at radius 2 is 2.23 bits per heavy atom. The molecule has 12 heteroatoms. The van der Waals surface area contributed by atoms with Crippen LogP contribution in [0.5, 0.6) is 0 Å². The van der Waals surface area contributed by atoms with Crippen LogP contribution < -0.4 is 16.2 Å². The van der Waals surface area contributed by atoms with Crippen LogP contribution in [0.2, 0.25) is 0 Å². The monoisotopic (exact) mass is 329 g/mol. The van der Waals surface area contributed by atoms with Gasteiger partial charge in [0.2, 0.25) is 0 Å². The third-order valence-corrected chi connectivity index (χ3v) is 2.96. The van der Waals surface area contributed by atoms with Crippen LogP contribution in [-0.2, 0) is 14.4 Å². The van der Waals surface area contributed by atoms with Crippen LogP contribution in [0.3, 0.4) is 0 Å². The number of oxime groups is 1. The number of nitrogen functional groups attached to an aromatic ring is 1. The van der Waals surface area contributed by atoms with E-state index in [1.807, 2.05) is 0 Å². The fourth-order valence-corrected chi connectivity index (χ4v) is 1.61. The van der Waals surface area contributed by atoms with Crippen LogP contribution in [0.25, 0.3) is 0 Å². The molecule has 0 saturated carbocycles. The number of nitrogens with two attached hydrogens (primary N) is 1. The molecule has 5 N–H and O–H groups in total. The summed E-state index contributed by atoms with van der Waals surface area (Å²) < 4.78 is 0. The fraction of sp³-hybridized carbons (Fsp3) is 0.400. The van der Waals surface area contributed by atoms with E-state index in [0.717, 1.165) is 11.3 Å². The van der Waals surface area contributed by atoms with Gasteiger partial charge >= 0.3 is 7.12 Å². The highest BCUT2D eigenvalue weighted by Gasteiger charge is 2.25. The van der Waals surface area contributed by atoms with Crippen LogP contribution in [-0.4, -0.2) is 51.8 Å². The number of anilines is 1. The molecule has 0 unspecified atom stereocenters. The Labute approximate surface area is 129 Å². The van der Waals surface area contributed by atoms with Crippen LogP contribution in [0, 0.1) is 0 Å². The molecular formula is C10H14BN4O6S-. The van der Waals surface area contributed by atoms with E-state index >= 15 is 0 Å². The maximum atomic E-state index is 12.0. The van der Waals surface area contributed by atoms with Crippen LogP contribution in [0.15, 0.2) is 10.5 Å². The molecule has 10 nitrogen and oxygen atoms in total. The minimum Gasteiger partial charge on any atom is -0.546 e. The van der Waals surface area contributed by atoms with Crippen molar-refractivity contribution in [1.29, 1.82) is 0 Å². The van der Waals surface area contributed by atoms with E-state index in [1.54, 1.807) is 0 Å². The predicted octanol–water partition coefficient (Wildman–Crippen LogP) is -2.90. The molecule has 120 valence electrons. The zero-order valence-corrected chi connectivity index (χ0v) is 12.6. The summed E-state index contributed by atoms with van der Waals surface area (Å²) in [5.41, 5.74) is 3.39. The van der Waals surface area contributed by atoms with E-state index < -0.39 is 31.0 Å². The first-order chi connectivity index (χ1) is 10.1. The molecule has 0 atom stereocenters. The van der Waals surface area contributed by atoms with Crippen molar-refractivity contribution in [3.05, 3.63) is 11.1 Å². The van der Waals surface area contributed by atoms with Gasteiger partial charge in [-0.05, 0) is 13.8 Å². The molecule has 0 aromatic carbocycles. The highest BCUT2D eigenvalue weighted by Crippen LogP contribution is 2.14. The van der Waals surface area contributed by atoms with E-state index in [0.29, 0.717) is 0 Å². The number of amides is 1. The topological polar surface area (TPSA) is 170 Å². The minimum absolute atomic E-state index is 0.0570. The standard InChI is InChI=1S/C10H15BN4O6S/c1-10(2,8(17)18)21-15-6(5-3-22-9(12)14-5)7(16)13-4-11(19)20/h3,19-20H,4H2,1-2H3,(H2,12,14)(H,13,16)(H,17,18)/p-1/b15-6-. The molecule has 0 radical (unpaired) electrons. The van der Waals surface area contributed by atoms with Gasteiger partial charge in [-0.25, -0.2) is 4.98 Å². The van der Waals surface area contributed by atoms with Crippen molar-refractivity contribution in [1.82, 2.24) is 10.3 Å². The Kier molecular flexibility index (Phi) is 5.85. The summed E-state index contributed by atoms with van der Waals surface area (Å²) in [5, 5.41) is 35.6. The maximum Gasteiger partial charge on any atom is 0.472 e. The molecule has 0 aliphatic carbocycles. The van der Waals surface area contributed by atoms with Crippen LogP contribution in [0.4, 0.5) is 5.13 Å². The SMILES string of the molecule is CC(C)(O/N=C(\C(=O)NCB(O)O)c1csc(N)n1)C(=O)[O-]. The average molecular weight is 329 g/mol. The number of hydrogen-bond acceptors (Lipinski definition) is 10. The quantitative estimate of drug-likeness (QED) is 0.234. The number of carboxylic acid groups (broad SMARTS) is 1. The van der Waals surface area contributed by atoms with Gasteiger partial charge in [0.05, 0.1) is 12.4 Å². The predicted molar refractivity (Wildman–Crippen MR) is 76.4 cm³/mol. The highest BCUT2D eigenvalue weighted by molar-refractivity contribution is 7.13. The van der Waals surface area contributed by atoms with Gasteiger partial charge in [-0.1, -0.05) is 5.16 Å². The third-order valence-electron chi connectivity index (χ3n) is 2.28. The summed E-state index contributed by atoms with van der Waals surface area (Å²) in [6, 6.07) is 0. The van der Waals surface area contributed by atoms with Crippen molar-refractivity contribution in [2.24, 2.45) is 5.16 Å². The second-order valence-corrected chi connectivity index (χ2v) is 5.48. The van der Waals surface area contributed by atoms with Crippen molar-refractivity contribution in [2.75, 3.05) is 12.2 Å². The Morgan fingerprint density at radius 3 is 2.68 bits per heavy atom. The van der Waals surface area contributed by atoms with Crippen molar-refractivity contribution in [2.45, 2.75) is 19.4 Å². The van der Waals surface area contributed by atoms with E-state index in [-0.39, 0.29) is 16.5 Å². The first-order valence-corrected chi connectivity index (χ1v) is 6.84. The Hall–Kier alpha value is -2.18. The molecule has 22 heavy (non-hydrogen) atoms. The Bertz CT molecular complexity index is 588. The molecule has 0 aliphatic heterocycles. The number of thiazole rings is 1. The number of nitrogens with zero attached hydrogens (tertiary/aromatic N) is 2. The normalized spacial score (nSPS) is 11.9. The van der Waals surface area contributed by atoms with Gasteiger partial charge in [-0.3, -0.25) is 4.79 Å². The molecule has 1 aromatic heterocycles. The molecular weight excluding hydrogens is 315 g/mol. The lowest BCUT2D eigenvalue weighted by atomic mass is 9.92. The number of nitrogens with one attached hydrogen (secondary N) is 1. The summed E-state index contributed by atoms with van der Waals surface area (Å²) >= 11 is 1.04. The van der Waals surface area contributed by atoms with Gasteiger partial charge in [0, 0.05) is 5.38 Å². The zero-order chi connectivity index (χ0) is 16.9. The van der Waals surface area contributed by atoms with Crippen LogP contribution >= 0.6 is 11.3 Å². The number of hydrogen-bond donors (Lipinski definition) is 4. The molecule has 0 bridgehead atoms. The van der Waals surface area contributed by atoms with Crippen LogP contribution in [0.1, 0.15) is 19.5 Å². The van der Waals surface area contributed by atoms with E-state index in [9.17, 15) is 14.7 Å².